The van der Waals surface area contributed by atoms with E-state index in [0.717, 1.165) is 27.7 Å². The zero-order chi connectivity index (χ0) is 22.3. The number of ether oxygens (including phenoxy) is 1. The Balaban J connectivity index is 1.70. The molecule has 4 rings (SSSR count). The van der Waals surface area contributed by atoms with Crippen molar-refractivity contribution < 1.29 is 22.7 Å². The molecule has 0 bridgehead atoms. The molecule has 0 aliphatic carbocycles. The van der Waals surface area contributed by atoms with Crippen molar-refractivity contribution in [2.24, 2.45) is 4.99 Å². The van der Waals surface area contributed by atoms with Crippen LogP contribution in [0, 0.1) is 0 Å². The Morgan fingerprint density at radius 1 is 1.13 bits per heavy atom. The van der Waals surface area contributed by atoms with Crippen LogP contribution in [-0.4, -0.2) is 36.7 Å². The van der Waals surface area contributed by atoms with E-state index in [9.17, 15) is 18.0 Å². The predicted molar refractivity (Wildman–Crippen MR) is 118 cm³/mol. The molecule has 0 spiro atoms. The van der Waals surface area contributed by atoms with Crippen LogP contribution in [-0.2, 0) is 11.0 Å². The fourth-order valence-corrected chi connectivity index (χ4v) is 5.60. The monoisotopic (exact) mass is 465 g/mol. The maximum Gasteiger partial charge on any atom is 0.416 e. The topological polar surface area (TPSA) is 45.1 Å². The molecule has 2 aromatic rings. The largest absolute Gasteiger partial charge is 0.497 e. The van der Waals surface area contributed by atoms with Crippen molar-refractivity contribution in [1.29, 1.82) is 0 Å². The first-order chi connectivity index (χ1) is 14.7. The van der Waals surface area contributed by atoms with E-state index in [1.807, 2.05) is 30.1 Å². The molecule has 0 radical (unpaired) electrons. The molecule has 2 aromatic carbocycles. The van der Waals surface area contributed by atoms with Crippen molar-refractivity contribution in [3.05, 3.63) is 58.0 Å². The second-order valence-corrected chi connectivity index (χ2v) is 8.73. The third-order valence-electron chi connectivity index (χ3n) is 4.81. The maximum absolute atomic E-state index is 13.1. The molecule has 10 heteroatoms. The number of benzene rings is 2. The summed E-state index contributed by atoms with van der Waals surface area (Å²) >= 11 is 2.64. The highest BCUT2D eigenvalue weighted by atomic mass is 32.2. The second kappa shape index (κ2) is 8.16. The van der Waals surface area contributed by atoms with E-state index >= 15 is 0 Å². The molecular weight excluding hydrogens is 447 g/mol. The summed E-state index contributed by atoms with van der Waals surface area (Å²) in [5, 5.41) is 1.11. The molecule has 162 valence electrons. The van der Waals surface area contributed by atoms with Crippen LogP contribution in [0.3, 0.4) is 0 Å². The number of methoxy groups -OCH3 is 1. The lowest BCUT2D eigenvalue weighted by atomic mass is 10.2. The van der Waals surface area contributed by atoms with Crippen LogP contribution in [0.25, 0.3) is 0 Å². The molecule has 0 unspecified atom stereocenters. The molecular formula is C21H18F3N3O2S2. The van der Waals surface area contributed by atoms with Crippen LogP contribution in [0.5, 0.6) is 5.75 Å². The van der Waals surface area contributed by atoms with Crippen LogP contribution in [0.1, 0.15) is 12.5 Å². The van der Waals surface area contributed by atoms with Gasteiger partial charge in [0.05, 0.1) is 29.1 Å². The van der Waals surface area contributed by atoms with E-state index in [0.29, 0.717) is 22.4 Å². The van der Waals surface area contributed by atoms with Gasteiger partial charge < -0.3 is 9.64 Å². The van der Waals surface area contributed by atoms with Gasteiger partial charge in [-0.25, -0.2) is 4.99 Å². The van der Waals surface area contributed by atoms with Crippen molar-refractivity contribution >= 4 is 46.0 Å². The van der Waals surface area contributed by atoms with Gasteiger partial charge in [0.2, 0.25) is 0 Å². The van der Waals surface area contributed by atoms with Crippen molar-refractivity contribution in [1.82, 2.24) is 4.90 Å². The molecule has 0 saturated carbocycles. The Morgan fingerprint density at radius 2 is 1.90 bits per heavy atom. The van der Waals surface area contributed by atoms with Crippen molar-refractivity contribution in [3.8, 4) is 5.75 Å². The van der Waals surface area contributed by atoms with E-state index < -0.39 is 11.7 Å². The summed E-state index contributed by atoms with van der Waals surface area (Å²) in [6.07, 6.45) is -4.46. The number of halogens is 3. The number of aliphatic imine (C=N–C) groups is 1. The third-order valence-corrected chi connectivity index (χ3v) is 7.24. The number of nitrogens with zero attached hydrogens (tertiary/aromatic N) is 3. The highest BCUT2D eigenvalue weighted by molar-refractivity contribution is 8.19. The number of likely N-dealkylation sites (N-methyl/N-ethyl adjacent to an activating group) is 1. The van der Waals surface area contributed by atoms with Gasteiger partial charge >= 0.3 is 6.18 Å². The van der Waals surface area contributed by atoms with E-state index in [2.05, 4.69) is 4.99 Å². The number of hydrogen-bond acceptors (Lipinski definition) is 6. The van der Waals surface area contributed by atoms with Gasteiger partial charge in [0.25, 0.3) is 5.91 Å². The first kappa shape index (κ1) is 21.6. The normalized spacial score (nSPS) is 20.1. The van der Waals surface area contributed by atoms with E-state index in [1.54, 1.807) is 14.0 Å². The van der Waals surface area contributed by atoms with Gasteiger partial charge in [-0.1, -0.05) is 17.8 Å². The smallest absolute Gasteiger partial charge is 0.416 e. The van der Waals surface area contributed by atoms with Gasteiger partial charge in [-0.2, -0.15) is 13.2 Å². The Bertz CT molecular complexity index is 1120. The van der Waals surface area contributed by atoms with Gasteiger partial charge in [0.15, 0.2) is 5.17 Å². The maximum atomic E-state index is 13.1. The minimum Gasteiger partial charge on any atom is -0.497 e. The molecule has 1 amide bonds. The highest BCUT2D eigenvalue weighted by Crippen LogP contribution is 2.51. The molecule has 0 atom stereocenters. The lowest BCUT2D eigenvalue weighted by Gasteiger charge is -2.15. The summed E-state index contributed by atoms with van der Waals surface area (Å²) in [6.45, 7) is 2.16. The number of amidine groups is 1. The fourth-order valence-electron chi connectivity index (χ4n) is 3.21. The SMILES string of the molecule is CCN1C(=O)/C(=C2/Sc3ccc(OC)cc3N2C)SC1=Nc1cccc(C(F)(F)F)c1. The number of thioether (sulfide) groups is 2. The summed E-state index contributed by atoms with van der Waals surface area (Å²) in [5.74, 6) is 0.497. The van der Waals surface area contributed by atoms with Gasteiger partial charge in [-0.3, -0.25) is 9.69 Å². The van der Waals surface area contributed by atoms with Gasteiger partial charge in [-0.05, 0) is 49.0 Å². The van der Waals surface area contributed by atoms with E-state index in [4.69, 9.17) is 4.74 Å². The molecule has 2 heterocycles. The van der Waals surface area contributed by atoms with Crippen molar-refractivity contribution in [2.45, 2.75) is 18.0 Å². The first-order valence-corrected chi connectivity index (χ1v) is 11.0. The number of carbonyl (C=O) groups is 1. The second-order valence-electron chi connectivity index (χ2n) is 6.72. The number of hydrogen-bond donors (Lipinski definition) is 0. The molecule has 2 aliphatic rings. The Morgan fingerprint density at radius 3 is 2.58 bits per heavy atom. The van der Waals surface area contributed by atoms with Crippen LogP contribution >= 0.6 is 23.5 Å². The van der Waals surface area contributed by atoms with Crippen molar-refractivity contribution in [3.63, 3.8) is 0 Å². The average Bonchev–Trinajstić information content (AvgIpc) is 3.23. The standard InChI is InChI=1S/C21H18F3N3O2S2/c1-4-27-18(28)17(19-26(2)15-11-14(29-3)8-9-16(15)30-19)31-20(27)25-13-7-5-6-12(10-13)21(22,23)24/h5-11H,4H2,1-3H3/b19-17-,25-20?. The van der Waals surface area contributed by atoms with Crippen molar-refractivity contribution in [2.75, 3.05) is 25.6 Å². The fraction of sp³-hybridized carbons (Fsp3) is 0.238. The molecule has 31 heavy (non-hydrogen) atoms. The summed E-state index contributed by atoms with van der Waals surface area (Å²) in [7, 11) is 3.46. The zero-order valence-corrected chi connectivity index (χ0v) is 18.5. The van der Waals surface area contributed by atoms with Crippen LogP contribution in [0.15, 0.2) is 62.3 Å². The number of anilines is 1. The third kappa shape index (κ3) is 4.01. The first-order valence-electron chi connectivity index (χ1n) is 9.32. The van der Waals surface area contributed by atoms with Gasteiger partial charge in [0, 0.05) is 24.6 Å². The molecule has 5 nitrogen and oxygen atoms in total. The highest BCUT2D eigenvalue weighted by Gasteiger charge is 2.38. The number of alkyl halides is 3. The number of fused-ring (bicyclic) bond motifs is 1. The molecule has 0 N–H and O–H groups in total. The number of carbonyl (C=O) groups excluding carboxylic acids is 1. The van der Waals surface area contributed by atoms with Gasteiger partial charge in [-0.15, -0.1) is 0 Å². The van der Waals surface area contributed by atoms with E-state index in [1.165, 1.54) is 40.6 Å². The number of amides is 1. The number of rotatable bonds is 3. The Labute approximate surface area is 186 Å². The van der Waals surface area contributed by atoms with Crippen LogP contribution in [0.2, 0.25) is 0 Å². The average molecular weight is 466 g/mol. The predicted octanol–water partition coefficient (Wildman–Crippen LogP) is 5.71. The lowest BCUT2D eigenvalue weighted by Crippen LogP contribution is -2.29. The summed E-state index contributed by atoms with van der Waals surface area (Å²) < 4.78 is 44.4. The quantitative estimate of drug-likeness (QED) is 0.544. The summed E-state index contributed by atoms with van der Waals surface area (Å²) in [6, 6.07) is 10.5. The molecule has 1 fully saturated rings. The molecule has 0 aromatic heterocycles. The lowest BCUT2D eigenvalue weighted by molar-refractivity contribution is -0.137. The Hall–Kier alpha value is -2.59. The zero-order valence-electron chi connectivity index (χ0n) is 16.9. The Kier molecular flexibility index (Phi) is 5.69. The summed E-state index contributed by atoms with van der Waals surface area (Å²) in [5.41, 5.74) is 0.294. The van der Waals surface area contributed by atoms with Crippen LogP contribution < -0.4 is 9.64 Å². The minimum absolute atomic E-state index is 0.148. The molecule has 1 saturated heterocycles. The van der Waals surface area contributed by atoms with E-state index in [-0.39, 0.29) is 11.6 Å². The summed E-state index contributed by atoms with van der Waals surface area (Å²) in [4.78, 5) is 22.3. The van der Waals surface area contributed by atoms with Gasteiger partial charge in [0.1, 0.15) is 10.7 Å². The minimum atomic E-state index is -4.46. The molecule has 2 aliphatic heterocycles. The van der Waals surface area contributed by atoms with Crippen LogP contribution in [0.4, 0.5) is 24.5 Å².